The third kappa shape index (κ3) is 6.18. The van der Waals surface area contributed by atoms with Crippen molar-refractivity contribution in [3.8, 4) is 11.5 Å². The van der Waals surface area contributed by atoms with E-state index in [2.05, 4.69) is 34.5 Å². The van der Waals surface area contributed by atoms with Crippen molar-refractivity contribution in [3.63, 3.8) is 0 Å². The minimum absolute atomic E-state index is 0.316. The van der Waals surface area contributed by atoms with E-state index in [-0.39, 0.29) is 0 Å². The summed E-state index contributed by atoms with van der Waals surface area (Å²) in [6.45, 7) is 4.25. The molecular weight excluding hydrogens is 483 g/mol. The zero-order chi connectivity index (χ0) is 23.2. The van der Waals surface area contributed by atoms with Crippen LogP contribution in [0.3, 0.4) is 0 Å². The average Bonchev–Trinajstić information content (AvgIpc) is 2.85. The van der Waals surface area contributed by atoms with Crippen molar-refractivity contribution in [2.75, 3.05) is 43.6 Å². The highest BCUT2D eigenvalue weighted by molar-refractivity contribution is 6.42. The zero-order valence-electron chi connectivity index (χ0n) is 18.2. The van der Waals surface area contributed by atoms with E-state index in [0.29, 0.717) is 39.7 Å². The van der Waals surface area contributed by atoms with Crippen LogP contribution >= 0.6 is 34.8 Å². The summed E-state index contributed by atoms with van der Waals surface area (Å²) in [6.07, 6.45) is 0. The molecule has 1 aliphatic heterocycles. The number of rotatable bonds is 8. The molecule has 1 saturated heterocycles. The molecule has 33 heavy (non-hydrogen) atoms. The van der Waals surface area contributed by atoms with Crippen molar-refractivity contribution >= 4 is 46.2 Å². The van der Waals surface area contributed by atoms with Crippen LogP contribution in [0.1, 0.15) is 11.1 Å². The normalized spacial score (nSPS) is 13.6. The molecule has 0 saturated carbocycles. The number of halogens is 3. The number of nitrogens with zero attached hydrogens (tertiary/aromatic N) is 1. The van der Waals surface area contributed by atoms with Gasteiger partial charge in [-0.25, -0.2) is 0 Å². The van der Waals surface area contributed by atoms with Crippen molar-refractivity contribution in [1.82, 2.24) is 0 Å². The molecule has 0 radical (unpaired) electrons. The Labute approximate surface area is 209 Å². The average molecular weight is 508 g/mol. The summed E-state index contributed by atoms with van der Waals surface area (Å²) < 4.78 is 16.9. The molecule has 0 spiro atoms. The van der Waals surface area contributed by atoms with E-state index in [9.17, 15) is 0 Å². The first kappa shape index (κ1) is 23.8. The van der Waals surface area contributed by atoms with E-state index in [0.717, 1.165) is 43.1 Å². The SMILES string of the molecule is COc1cc(CNc2ccc(N3CCOCC3)cc2)c(Cl)cc1OCc1ccc(Cl)c(Cl)c1. The Kier molecular flexibility index (Phi) is 8.10. The lowest BCUT2D eigenvalue weighted by molar-refractivity contribution is 0.122. The smallest absolute Gasteiger partial charge is 0.163 e. The first-order valence-electron chi connectivity index (χ1n) is 10.6. The number of hydrogen-bond acceptors (Lipinski definition) is 5. The second-order valence-electron chi connectivity index (χ2n) is 7.63. The van der Waals surface area contributed by atoms with Gasteiger partial charge in [0.25, 0.3) is 0 Å². The van der Waals surface area contributed by atoms with Gasteiger partial charge in [-0.1, -0.05) is 40.9 Å². The van der Waals surface area contributed by atoms with Gasteiger partial charge in [0.1, 0.15) is 6.61 Å². The lowest BCUT2D eigenvalue weighted by atomic mass is 10.1. The Hall–Kier alpha value is -2.31. The van der Waals surface area contributed by atoms with Crippen molar-refractivity contribution in [1.29, 1.82) is 0 Å². The molecule has 5 nitrogen and oxygen atoms in total. The van der Waals surface area contributed by atoms with Crippen LogP contribution in [-0.4, -0.2) is 33.4 Å². The number of ether oxygens (including phenoxy) is 3. The molecule has 8 heteroatoms. The van der Waals surface area contributed by atoms with Crippen LogP contribution in [0.5, 0.6) is 11.5 Å². The third-order valence-corrected chi connectivity index (χ3v) is 6.53. The molecule has 1 aliphatic rings. The van der Waals surface area contributed by atoms with Gasteiger partial charge in [-0.3, -0.25) is 0 Å². The van der Waals surface area contributed by atoms with Crippen molar-refractivity contribution < 1.29 is 14.2 Å². The monoisotopic (exact) mass is 506 g/mol. The van der Waals surface area contributed by atoms with Gasteiger partial charge in [-0.15, -0.1) is 0 Å². The van der Waals surface area contributed by atoms with E-state index in [1.807, 2.05) is 12.1 Å². The first-order valence-corrected chi connectivity index (χ1v) is 11.8. The fourth-order valence-corrected chi connectivity index (χ4v) is 4.13. The molecule has 3 aromatic rings. The van der Waals surface area contributed by atoms with Crippen LogP contribution in [0.25, 0.3) is 0 Å². The molecule has 0 bridgehead atoms. The maximum Gasteiger partial charge on any atom is 0.163 e. The number of hydrogen-bond donors (Lipinski definition) is 1. The molecule has 0 unspecified atom stereocenters. The summed E-state index contributed by atoms with van der Waals surface area (Å²) in [7, 11) is 1.61. The fourth-order valence-electron chi connectivity index (χ4n) is 3.58. The molecule has 4 rings (SSSR count). The van der Waals surface area contributed by atoms with Gasteiger partial charge >= 0.3 is 0 Å². The second kappa shape index (κ2) is 11.2. The quantitative estimate of drug-likeness (QED) is 0.368. The van der Waals surface area contributed by atoms with Crippen LogP contribution in [-0.2, 0) is 17.9 Å². The zero-order valence-corrected chi connectivity index (χ0v) is 20.5. The van der Waals surface area contributed by atoms with Crippen molar-refractivity contribution in [2.45, 2.75) is 13.2 Å². The number of morpholine rings is 1. The van der Waals surface area contributed by atoms with Gasteiger partial charge in [0.05, 0.1) is 30.4 Å². The molecule has 1 N–H and O–H groups in total. The largest absolute Gasteiger partial charge is 0.493 e. The molecule has 1 heterocycles. The van der Waals surface area contributed by atoms with Crippen LogP contribution in [0, 0.1) is 0 Å². The van der Waals surface area contributed by atoms with E-state index in [1.165, 1.54) is 5.69 Å². The third-order valence-electron chi connectivity index (χ3n) is 5.44. The topological polar surface area (TPSA) is 43.0 Å². The molecular formula is C25H25Cl3N2O3. The van der Waals surface area contributed by atoms with Gasteiger partial charge in [0.2, 0.25) is 0 Å². The summed E-state index contributed by atoms with van der Waals surface area (Å²) in [6, 6.07) is 17.4. The van der Waals surface area contributed by atoms with Gasteiger partial charge in [-0.05, 0) is 53.6 Å². The highest BCUT2D eigenvalue weighted by atomic mass is 35.5. The van der Waals surface area contributed by atoms with E-state index in [4.69, 9.17) is 49.0 Å². The minimum Gasteiger partial charge on any atom is -0.493 e. The summed E-state index contributed by atoms with van der Waals surface area (Å²) in [4.78, 5) is 2.33. The Balaban J connectivity index is 1.39. The minimum atomic E-state index is 0.316. The predicted molar refractivity (Wildman–Crippen MR) is 136 cm³/mol. The highest BCUT2D eigenvalue weighted by Gasteiger charge is 2.13. The number of anilines is 2. The Morgan fingerprint density at radius 3 is 2.33 bits per heavy atom. The van der Waals surface area contributed by atoms with Crippen molar-refractivity contribution in [3.05, 3.63) is 80.8 Å². The summed E-state index contributed by atoms with van der Waals surface area (Å²) in [5, 5.41) is 5.01. The predicted octanol–water partition coefficient (Wildman–Crippen LogP) is 6.68. The van der Waals surface area contributed by atoms with Gasteiger partial charge in [0.15, 0.2) is 11.5 Å². The van der Waals surface area contributed by atoms with Crippen LogP contribution < -0.4 is 19.7 Å². The van der Waals surface area contributed by atoms with Crippen LogP contribution in [0.2, 0.25) is 15.1 Å². The van der Waals surface area contributed by atoms with Crippen LogP contribution in [0.4, 0.5) is 11.4 Å². The fraction of sp³-hybridized carbons (Fsp3) is 0.280. The molecule has 3 aromatic carbocycles. The second-order valence-corrected chi connectivity index (χ2v) is 8.85. The Bertz CT molecular complexity index is 1090. The van der Waals surface area contributed by atoms with E-state index >= 15 is 0 Å². The van der Waals surface area contributed by atoms with Gasteiger partial charge < -0.3 is 24.4 Å². The maximum absolute atomic E-state index is 6.55. The summed E-state index contributed by atoms with van der Waals surface area (Å²) in [5.41, 5.74) is 4.02. The standard InChI is InChI=1S/C25H25Cl3N2O3/c1-31-24-13-18(15-29-19-3-5-20(6-4-19)30-8-10-32-11-9-30)22(27)14-25(24)33-16-17-2-7-21(26)23(28)12-17/h2-7,12-14,29H,8-11,15-16H2,1H3. The number of nitrogens with one attached hydrogen (secondary N) is 1. The van der Waals surface area contributed by atoms with Crippen molar-refractivity contribution in [2.24, 2.45) is 0 Å². The molecule has 0 atom stereocenters. The molecule has 0 amide bonds. The molecule has 174 valence electrons. The molecule has 0 aromatic heterocycles. The van der Waals surface area contributed by atoms with Gasteiger partial charge in [0, 0.05) is 42.1 Å². The number of benzene rings is 3. The Morgan fingerprint density at radius 1 is 0.879 bits per heavy atom. The van der Waals surface area contributed by atoms with Gasteiger partial charge in [-0.2, -0.15) is 0 Å². The summed E-state index contributed by atoms with van der Waals surface area (Å²) >= 11 is 18.6. The first-order chi connectivity index (χ1) is 16.0. The van der Waals surface area contributed by atoms with E-state index in [1.54, 1.807) is 25.3 Å². The Morgan fingerprint density at radius 2 is 1.64 bits per heavy atom. The molecule has 0 aliphatic carbocycles. The lowest BCUT2D eigenvalue weighted by Gasteiger charge is -2.29. The van der Waals surface area contributed by atoms with Crippen LogP contribution in [0.15, 0.2) is 54.6 Å². The number of methoxy groups -OCH3 is 1. The summed E-state index contributed by atoms with van der Waals surface area (Å²) in [5.74, 6) is 1.17. The maximum atomic E-state index is 6.55. The highest BCUT2D eigenvalue weighted by Crippen LogP contribution is 2.35. The lowest BCUT2D eigenvalue weighted by Crippen LogP contribution is -2.36. The molecule has 1 fully saturated rings. The van der Waals surface area contributed by atoms with E-state index < -0.39 is 0 Å².